The first-order chi connectivity index (χ1) is 31.5. The molecule has 0 bridgehead atoms. The van der Waals surface area contributed by atoms with Gasteiger partial charge in [-0.15, -0.1) is 0 Å². The average Bonchev–Trinajstić information content (AvgIpc) is 3.30. The van der Waals surface area contributed by atoms with E-state index in [9.17, 15) is 25.2 Å². The molecule has 0 radical (unpaired) electrons. The van der Waals surface area contributed by atoms with Crippen LogP contribution in [0.25, 0.3) is 0 Å². The third kappa shape index (κ3) is 45.9. The molecule has 380 valence electrons. The highest BCUT2D eigenvalue weighted by Crippen LogP contribution is 2.18. The smallest absolute Gasteiger partial charge is 0.249 e. The van der Waals surface area contributed by atoms with Crippen molar-refractivity contribution in [2.45, 2.75) is 334 Å². The Morgan fingerprint density at radius 1 is 0.391 bits per heavy atom. The van der Waals surface area contributed by atoms with Crippen molar-refractivity contribution < 1.29 is 25.2 Å². The van der Waals surface area contributed by atoms with Gasteiger partial charge >= 0.3 is 0 Å². The van der Waals surface area contributed by atoms with Crippen LogP contribution in [0.3, 0.4) is 0 Å². The summed E-state index contributed by atoms with van der Waals surface area (Å²) >= 11 is 0. The van der Waals surface area contributed by atoms with Gasteiger partial charge in [0, 0.05) is 0 Å². The molecule has 0 aromatic heterocycles. The SMILES string of the molecule is CCCCCCCCCCC/C=C\C/C=C\CCCCCCCCCCCCCCCCCCC(O)C(=O)NC(CO)C(O)C(O)CCCCCCCCCCCCCCCCCC. The van der Waals surface area contributed by atoms with Gasteiger partial charge in [-0.25, -0.2) is 0 Å². The zero-order valence-electron chi connectivity index (χ0n) is 43.0. The van der Waals surface area contributed by atoms with Crippen LogP contribution in [0.2, 0.25) is 0 Å². The molecule has 4 atom stereocenters. The number of carbonyl (C=O) groups is 1. The van der Waals surface area contributed by atoms with Gasteiger partial charge in [0.25, 0.3) is 0 Å². The third-order valence-electron chi connectivity index (χ3n) is 13.7. The minimum atomic E-state index is -1.26. The van der Waals surface area contributed by atoms with Crippen molar-refractivity contribution in [2.24, 2.45) is 0 Å². The molecule has 6 nitrogen and oxygen atoms in total. The fraction of sp³-hybridized carbons (Fsp3) is 0.914. The minimum absolute atomic E-state index is 0.372. The highest BCUT2D eigenvalue weighted by Gasteiger charge is 2.28. The normalized spacial score (nSPS) is 13.9. The predicted molar refractivity (Wildman–Crippen MR) is 279 cm³/mol. The zero-order valence-corrected chi connectivity index (χ0v) is 43.0. The van der Waals surface area contributed by atoms with Crippen LogP contribution >= 0.6 is 0 Å². The second-order valence-electron chi connectivity index (χ2n) is 20.0. The van der Waals surface area contributed by atoms with Crippen molar-refractivity contribution >= 4 is 5.91 Å². The Hall–Kier alpha value is -1.21. The summed E-state index contributed by atoms with van der Waals surface area (Å²) in [4.78, 5) is 12.6. The monoisotopic (exact) mass is 904 g/mol. The molecule has 0 saturated carbocycles. The van der Waals surface area contributed by atoms with E-state index in [1.54, 1.807) is 0 Å². The lowest BCUT2D eigenvalue weighted by atomic mass is 9.99. The molecule has 5 N–H and O–H groups in total. The summed E-state index contributed by atoms with van der Waals surface area (Å²) < 4.78 is 0. The second kappa shape index (κ2) is 52.8. The Kier molecular flexibility index (Phi) is 51.8. The number of allylic oxidation sites excluding steroid dienone is 4. The standard InChI is InChI=1S/C58H113NO5/c1-3-5-7-9-11-13-15-17-19-21-22-23-24-25-26-27-28-29-30-31-32-33-34-35-36-38-40-42-44-46-48-50-52-56(62)58(64)59-54(53-60)57(63)55(61)51-49-47-45-43-41-39-37-20-18-16-14-12-10-8-6-4-2/h22-23,25-26,54-57,60-63H,3-21,24,27-53H2,1-2H3,(H,59,64)/b23-22-,26-25-. The van der Waals surface area contributed by atoms with E-state index in [0.29, 0.717) is 12.8 Å². The van der Waals surface area contributed by atoms with E-state index < -0.39 is 36.9 Å². The molecule has 0 aliphatic rings. The lowest BCUT2D eigenvalue weighted by Crippen LogP contribution is -2.53. The average molecular weight is 905 g/mol. The van der Waals surface area contributed by atoms with Crippen molar-refractivity contribution in [1.29, 1.82) is 0 Å². The Morgan fingerprint density at radius 3 is 0.984 bits per heavy atom. The first kappa shape index (κ1) is 62.8. The van der Waals surface area contributed by atoms with E-state index in [0.717, 1.165) is 44.9 Å². The van der Waals surface area contributed by atoms with Gasteiger partial charge in [0.1, 0.15) is 12.2 Å². The van der Waals surface area contributed by atoms with Crippen LogP contribution in [-0.2, 0) is 4.79 Å². The van der Waals surface area contributed by atoms with E-state index in [-0.39, 0.29) is 0 Å². The number of aliphatic hydroxyl groups excluding tert-OH is 4. The molecule has 0 saturated heterocycles. The van der Waals surface area contributed by atoms with Gasteiger partial charge in [0.05, 0.1) is 18.8 Å². The quantitative estimate of drug-likeness (QED) is 0.0308. The van der Waals surface area contributed by atoms with Gasteiger partial charge < -0.3 is 25.7 Å². The second-order valence-corrected chi connectivity index (χ2v) is 20.0. The molecule has 64 heavy (non-hydrogen) atoms. The molecule has 4 unspecified atom stereocenters. The van der Waals surface area contributed by atoms with Gasteiger partial charge in [-0.3, -0.25) is 4.79 Å². The summed E-state index contributed by atoms with van der Waals surface area (Å²) in [6.45, 7) is 4.08. The number of amides is 1. The van der Waals surface area contributed by atoms with Gasteiger partial charge in [-0.1, -0.05) is 289 Å². The van der Waals surface area contributed by atoms with Crippen LogP contribution in [-0.4, -0.2) is 57.3 Å². The fourth-order valence-corrected chi connectivity index (χ4v) is 9.14. The van der Waals surface area contributed by atoms with Crippen LogP contribution < -0.4 is 5.32 Å². The molecular weight excluding hydrogens is 791 g/mol. The summed E-state index contributed by atoms with van der Waals surface area (Å²) in [5.74, 6) is -0.579. The molecule has 0 aliphatic heterocycles. The van der Waals surface area contributed by atoms with Crippen molar-refractivity contribution in [1.82, 2.24) is 5.32 Å². The van der Waals surface area contributed by atoms with Gasteiger partial charge in [-0.05, 0) is 44.9 Å². The number of nitrogens with one attached hydrogen (secondary N) is 1. The van der Waals surface area contributed by atoms with E-state index in [1.807, 2.05) is 0 Å². The van der Waals surface area contributed by atoms with E-state index in [2.05, 4.69) is 43.5 Å². The summed E-state index contributed by atoms with van der Waals surface area (Å²) in [5, 5.41) is 44.0. The lowest BCUT2D eigenvalue weighted by Gasteiger charge is -2.27. The van der Waals surface area contributed by atoms with E-state index in [4.69, 9.17) is 0 Å². The summed E-state index contributed by atoms with van der Waals surface area (Å²) in [7, 11) is 0. The third-order valence-corrected chi connectivity index (χ3v) is 13.7. The number of carbonyl (C=O) groups excluding carboxylic acids is 1. The van der Waals surface area contributed by atoms with Gasteiger partial charge in [-0.2, -0.15) is 0 Å². The van der Waals surface area contributed by atoms with E-state index >= 15 is 0 Å². The largest absolute Gasteiger partial charge is 0.394 e. The first-order valence-corrected chi connectivity index (χ1v) is 28.7. The summed E-state index contributed by atoms with van der Waals surface area (Å²) in [5.41, 5.74) is 0. The Labute approximate surface area is 399 Å². The van der Waals surface area contributed by atoms with Crippen LogP contribution in [0.5, 0.6) is 0 Å². The maximum Gasteiger partial charge on any atom is 0.249 e. The number of hydrogen-bond donors (Lipinski definition) is 5. The molecule has 0 heterocycles. The summed E-state index contributed by atoms with van der Waals surface area (Å²) in [6.07, 6.45) is 63.9. The van der Waals surface area contributed by atoms with Crippen LogP contribution in [0.15, 0.2) is 24.3 Å². The van der Waals surface area contributed by atoms with Gasteiger partial charge in [0.2, 0.25) is 5.91 Å². The fourth-order valence-electron chi connectivity index (χ4n) is 9.14. The maximum absolute atomic E-state index is 12.6. The number of aliphatic hydroxyl groups is 4. The molecule has 0 aromatic carbocycles. The molecule has 0 rings (SSSR count). The van der Waals surface area contributed by atoms with E-state index in [1.165, 1.54) is 238 Å². The highest BCUT2D eigenvalue weighted by atomic mass is 16.3. The van der Waals surface area contributed by atoms with Crippen molar-refractivity contribution in [3.8, 4) is 0 Å². The lowest BCUT2D eigenvalue weighted by molar-refractivity contribution is -0.132. The number of unbranched alkanes of at least 4 members (excludes halogenated alkanes) is 40. The first-order valence-electron chi connectivity index (χ1n) is 28.7. The van der Waals surface area contributed by atoms with Crippen LogP contribution in [0, 0.1) is 0 Å². The topological polar surface area (TPSA) is 110 Å². The number of hydrogen-bond acceptors (Lipinski definition) is 5. The minimum Gasteiger partial charge on any atom is -0.394 e. The molecule has 1 amide bonds. The summed E-state index contributed by atoms with van der Waals surface area (Å²) in [6, 6.07) is -0.983. The predicted octanol–water partition coefficient (Wildman–Crippen LogP) is 16.6. The van der Waals surface area contributed by atoms with Gasteiger partial charge in [0.15, 0.2) is 0 Å². The highest BCUT2D eigenvalue weighted by molar-refractivity contribution is 5.80. The molecule has 6 heteroatoms. The van der Waals surface area contributed by atoms with Crippen molar-refractivity contribution in [3.05, 3.63) is 24.3 Å². The Morgan fingerprint density at radius 2 is 0.672 bits per heavy atom. The molecular formula is C58H113NO5. The molecule has 0 aromatic rings. The molecule has 0 aliphatic carbocycles. The zero-order chi connectivity index (χ0) is 46.7. The van der Waals surface area contributed by atoms with Crippen LogP contribution in [0.4, 0.5) is 0 Å². The maximum atomic E-state index is 12.6. The molecule has 0 fully saturated rings. The number of rotatable bonds is 53. The Balaban J connectivity index is 3.57. The Bertz CT molecular complexity index is 970. The van der Waals surface area contributed by atoms with Crippen molar-refractivity contribution in [2.75, 3.05) is 6.61 Å². The van der Waals surface area contributed by atoms with Crippen LogP contribution in [0.1, 0.15) is 309 Å². The molecule has 0 spiro atoms. The van der Waals surface area contributed by atoms with Crippen molar-refractivity contribution in [3.63, 3.8) is 0 Å².